The number of rotatable bonds is 4. The summed E-state index contributed by atoms with van der Waals surface area (Å²) >= 11 is 0. The molecule has 2 atom stereocenters. The number of H-pyrrole nitrogens is 1. The highest BCUT2D eigenvalue weighted by Gasteiger charge is 2.33. The lowest BCUT2D eigenvalue weighted by atomic mass is 10.2. The van der Waals surface area contributed by atoms with Crippen LogP contribution in [0.1, 0.15) is 17.4 Å². The Hall–Kier alpha value is -2.00. The highest BCUT2D eigenvalue weighted by molar-refractivity contribution is 5.92. The van der Waals surface area contributed by atoms with Gasteiger partial charge in [-0.25, -0.2) is 0 Å². The lowest BCUT2D eigenvalue weighted by Gasteiger charge is -2.17. The minimum atomic E-state index is -0.250. The van der Waals surface area contributed by atoms with Crippen LogP contribution in [0.4, 0.5) is 0 Å². The summed E-state index contributed by atoms with van der Waals surface area (Å²) in [5.74, 6) is -0.219. The fourth-order valence-corrected chi connectivity index (χ4v) is 2.04. The molecule has 3 N–H and O–H groups in total. The van der Waals surface area contributed by atoms with Crippen LogP contribution in [-0.2, 0) is 9.53 Å². The molecule has 2 heterocycles. The van der Waals surface area contributed by atoms with Crippen LogP contribution in [0.25, 0.3) is 0 Å². The van der Waals surface area contributed by atoms with E-state index in [0.717, 1.165) is 19.6 Å². The summed E-state index contributed by atoms with van der Waals surface area (Å²) in [6.45, 7) is 4.44. The molecule has 20 heavy (non-hydrogen) atoms. The number of aromatic amines is 1. The van der Waals surface area contributed by atoms with Crippen LogP contribution in [0.5, 0.6) is 0 Å². The molecule has 0 aromatic carbocycles. The van der Waals surface area contributed by atoms with Crippen molar-refractivity contribution >= 4 is 12.4 Å². The number of nitrogens with one attached hydrogen (secondary N) is 2. The van der Waals surface area contributed by atoms with Crippen LogP contribution >= 0.6 is 0 Å². The molecule has 1 aliphatic heterocycles. The summed E-state index contributed by atoms with van der Waals surface area (Å²) in [7, 11) is 1.67. The number of carbonyl (C=O) groups excluding carboxylic acids is 1. The number of carbonyl (C=O) groups is 2. The second-order valence-corrected chi connectivity index (χ2v) is 4.17. The Balaban J connectivity index is 0.000000612. The van der Waals surface area contributed by atoms with Crippen molar-refractivity contribution < 1.29 is 19.4 Å². The van der Waals surface area contributed by atoms with Gasteiger partial charge < -0.3 is 15.2 Å². The molecule has 2 rings (SSSR count). The van der Waals surface area contributed by atoms with Gasteiger partial charge >= 0.3 is 0 Å². The third-order valence-electron chi connectivity index (χ3n) is 3.06. The van der Waals surface area contributed by atoms with E-state index < -0.39 is 0 Å². The predicted molar refractivity (Wildman–Crippen MR) is 69.2 cm³/mol. The van der Waals surface area contributed by atoms with E-state index in [4.69, 9.17) is 14.6 Å². The zero-order valence-corrected chi connectivity index (χ0v) is 11.4. The molecule has 0 bridgehead atoms. The smallest absolute Gasteiger partial charge is 0.290 e. The van der Waals surface area contributed by atoms with E-state index in [9.17, 15) is 4.79 Å². The lowest BCUT2D eigenvalue weighted by Crippen LogP contribution is -2.43. The first-order valence-electron chi connectivity index (χ1n) is 6.15. The second-order valence-electron chi connectivity index (χ2n) is 4.17. The first-order chi connectivity index (χ1) is 9.65. The average molecular weight is 285 g/mol. The monoisotopic (exact) mass is 285 g/mol. The number of methoxy groups -OCH3 is 1. The SMILES string of the molecule is CCN1C[C@H](NC(=O)c2cn[nH]n2)[C@@H](OC)C1.O=CO. The molecular formula is C11H19N5O4. The lowest BCUT2D eigenvalue weighted by molar-refractivity contribution is -0.122. The van der Waals surface area contributed by atoms with Crippen LogP contribution in [-0.4, -0.2) is 76.7 Å². The molecule has 1 amide bonds. The van der Waals surface area contributed by atoms with Crippen molar-refractivity contribution in [2.24, 2.45) is 0 Å². The Morgan fingerprint density at radius 2 is 2.40 bits per heavy atom. The van der Waals surface area contributed by atoms with Crippen molar-refractivity contribution in [3.05, 3.63) is 11.9 Å². The van der Waals surface area contributed by atoms with Crippen molar-refractivity contribution in [1.29, 1.82) is 0 Å². The minimum Gasteiger partial charge on any atom is -0.483 e. The van der Waals surface area contributed by atoms with Gasteiger partial charge in [-0.05, 0) is 6.54 Å². The standard InChI is InChI=1S/C10H17N5O2.CH2O2/c1-3-15-5-8(9(6-15)17-2)12-10(16)7-4-11-14-13-7;2-1-3/h4,8-9H,3,5-6H2,1-2H3,(H,12,16)(H,11,13,14);1H,(H,2,3)/t8-,9-;/m0./s1. The quantitative estimate of drug-likeness (QED) is 0.604. The molecular weight excluding hydrogens is 266 g/mol. The molecule has 1 fully saturated rings. The fraction of sp³-hybridized carbons (Fsp3) is 0.636. The Labute approximate surface area is 116 Å². The molecule has 1 aromatic rings. The third-order valence-corrected chi connectivity index (χ3v) is 3.06. The Morgan fingerprint density at radius 3 is 2.90 bits per heavy atom. The number of ether oxygens (including phenoxy) is 1. The molecule has 0 aliphatic carbocycles. The molecule has 1 aliphatic rings. The van der Waals surface area contributed by atoms with E-state index in [1.807, 2.05) is 0 Å². The molecule has 0 spiro atoms. The van der Waals surface area contributed by atoms with Gasteiger partial charge in [0.05, 0.1) is 18.3 Å². The number of hydrogen-bond acceptors (Lipinski definition) is 6. The summed E-state index contributed by atoms with van der Waals surface area (Å²) in [4.78, 5) is 22.4. The largest absolute Gasteiger partial charge is 0.483 e. The molecule has 112 valence electrons. The van der Waals surface area contributed by atoms with E-state index >= 15 is 0 Å². The summed E-state index contributed by atoms with van der Waals surface area (Å²) in [5, 5.41) is 19.6. The Kier molecular flexibility index (Phi) is 6.60. The van der Waals surface area contributed by atoms with Crippen LogP contribution in [0.3, 0.4) is 0 Å². The number of likely N-dealkylation sites (N-methyl/N-ethyl adjacent to an activating group) is 1. The molecule has 0 saturated carbocycles. The zero-order valence-electron chi connectivity index (χ0n) is 11.4. The fourth-order valence-electron chi connectivity index (χ4n) is 2.04. The van der Waals surface area contributed by atoms with Gasteiger partial charge in [0.1, 0.15) is 0 Å². The van der Waals surface area contributed by atoms with Gasteiger partial charge in [0.15, 0.2) is 5.69 Å². The summed E-state index contributed by atoms with van der Waals surface area (Å²) in [5.41, 5.74) is 0.301. The van der Waals surface area contributed by atoms with Crippen LogP contribution in [0, 0.1) is 0 Å². The van der Waals surface area contributed by atoms with E-state index in [1.54, 1.807) is 7.11 Å². The highest BCUT2D eigenvalue weighted by Crippen LogP contribution is 2.12. The average Bonchev–Trinajstić information content (AvgIpc) is 3.08. The first-order valence-corrected chi connectivity index (χ1v) is 6.15. The second kappa shape index (κ2) is 8.23. The van der Waals surface area contributed by atoms with Crippen molar-refractivity contribution in [3.63, 3.8) is 0 Å². The number of aromatic nitrogens is 3. The molecule has 1 aromatic heterocycles. The van der Waals surface area contributed by atoms with E-state index in [-0.39, 0.29) is 24.5 Å². The molecule has 9 nitrogen and oxygen atoms in total. The van der Waals surface area contributed by atoms with Gasteiger partial charge in [0.2, 0.25) is 0 Å². The van der Waals surface area contributed by atoms with Crippen molar-refractivity contribution in [1.82, 2.24) is 25.6 Å². The number of amides is 1. The zero-order chi connectivity index (χ0) is 15.0. The van der Waals surface area contributed by atoms with Crippen molar-refractivity contribution in [2.75, 3.05) is 26.7 Å². The molecule has 0 radical (unpaired) electrons. The first kappa shape index (κ1) is 16.1. The minimum absolute atomic E-state index is 0.00384. The maximum absolute atomic E-state index is 11.8. The summed E-state index contributed by atoms with van der Waals surface area (Å²) < 4.78 is 5.37. The van der Waals surface area contributed by atoms with Gasteiger partial charge in [-0.2, -0.15) is 15.4 Å². The Bertz CT molecular complexity index is 411. The van der Waals surface area contributed by atoms with Gasteiger partial charge in [-0.15, -0.1) is 0 Å². The highest BCUT2D eigenvalue weighted by atomic mass is 16.5. The van der Waals surface area contributed by atoms with E-state index in [1.165, 1.54) is 6.20 Å². The predicted octanol–water partition coefficient (Wildman–Crippen LogP) is -1.05. The van der Waals surface area contributed by atoms with Gasteiger partial charge in [0.25, 0.3) is 12.4 Å². The topological polar surface area (TPSA) is 120 Å². The maximum Gasteiger partial charge on any atom is 0.290 e. The Morgan fingerprint density at radius 1 is 1.70 bits per heavy atom. The van der Waals surface area contributed by atoms with Gasteiger partial charge in [-0.1, -0.05) is 6.92 Å². The van der Waals surface area contributed by atoms with Crippen LogP contribution in [0.2, 0.25) is 0 Å². The molecule has 9 heteroatoms. The van der Waals surface area contributed by atoms with Crippen LogP contribution < -0.4 is 5.32 Å². The van der Waals surface area contributed by atoms with Crippen molar-refractivity contribution in [2.45, 2.75) is 19.1 Å². The van der Waals surface area contributed by atoms with Crippen LogP contribution in [0.15, 0.2) is 6.20 Å². The normalized spacial score (nSPS) is 21.9. The number of hydrogen-bond donors (Lipinski definition) is 3. The maximum atomic E-state index is 11.8. The molecule has 1 saturated heterocycles. The summed E-state index contributed by atoms with van der Waals surface area (Å²) in [6, 6.07) is 0.00384. The molecule has 0 unspecified atom stereocenters. The third kappa shape index (κ3) is 4.28. The number of nitrogens with zero attached hydrogens (tertiary/aromatic N) is 3. The van der Waals surface area contributed by atoms with Gasteiger partial charge in [-0.3, -0.25) is 14.5 Å². The number of carboxylic acid groups (broad SMARTS) is 1. The van der Waals surface area contributed by atoms with Crippen molar-refractivity contribution in [3.8, 4) is 0 Å². The summed E-state index contributed by atoms with van der Waals surface area (Å²) in [6.07, 6.45) is 1.44. The van der Waals surface area contributed by atoms with E-state index in [2.05, 4.69) is 32.6 Å². The van der Waals surface area contributed by atoms with E-state index in [0.29, 0.717) is 5.69 Å². The number of likely N-dealkylation sites (tertiary alicyclic amines) is 1. The van der Waals surface area contributed by atoms with Gasteiger partial charge in [0, 0.05) is 20.2 Å².